The van der Waals surface area contributed by atoms with Gasteiger partial charge in [-0.3, -0.25) is 4.79 Å². The van der Waals surface area contributed by atoms with Gasteiger partial charge in [0.1, 0.15) is 17.1 Å². The number of benzene rings is 3. The maximum Gasteiger partial charge on any atom is 0.342 e. The Kier molecular flexibility index (Phi) is 4.24. The summed E-state index contributed by atoms with van der Waals surface area (Å²) in [6, 6.07) is 15.3. The molecule has 0 saturated heterocycles. The Morgan fingerprint density at radius 2 is 1.67 bits per heavy atom. The molecule has 0 aliphatic heterocycles. The number of hydrogen-bond donors (Lipinski definition) is 1. The second kappa shape index (κ2) is 6.50. The Balaban J connectivity index is 1.75. The van der Waals surface area contributed by atoms with Gasteiger partial charge in [0.2, 0.25) is 0 Å². The Morgan fingerprint density at radius 3 is 2.38 bits per heavy atom. The van der Waals surface area contributed by atoms with E-state index in [4.69, 9.17) is 4.74 Å². The van der Waals surface area contributed by atoms with Crippen LogP contribution in [0.2, 0.25) is 0 Å². The van der Waals surface area contributed by atoms with Gasteiger partial charge < -0.3 is 9.84 Å². The predicted octanol–water partition coefficient (Wildman–Crippen LogP) is 3.72. The van der Waals surface area contributed by atoms with E-state index >= 15 is 0 Å². The van der Waals surface area contributed by atoms with Crippen LogP contribution in [0.1, 0.15) is 20.7 Å². The summed E-state index contributed by atoms with van der Waals surface area (Å²) in [5.41, 5.74) is 0.0891. The number of fused-ring (bicyclic) bond motifs is 1. The van der Waals surface area contributed by atoms with Gasteiger partial charge in [0, 0.05) is 5.56 Å². The molecule has 0 aliphatic rings. The number of esters is 1. The summed E-state index contributed by atoms with van der Waals surface area (Å²) >= 11 is 0. The SMILES string of the molecule is O=C(COC(=O)c1cc2ccccc2cc1O)c1cccc(F)c1. The van der Waals surface area contributed by atoms with Crippen LogP contribution in [0.15, 0.2) is 60.7 Å². The summed E-state index contributed by atoms with van der Waals surface area (Å²) in [5.74, 6) is -2.11. The molecule has 0 amide bonds. The minimum absolute atomic E-state index is 0.0271. The summed E-state index contributed by atoms with van der Waals surface area (Å²) in [6.07, 6.45) is 0. The van der Waals surface area contributed by atoms with E-state index in [1.54, 1.807) is 12.1 Å². The second-order valence-electron chi connectivity index (χ2n) is 5.23. The number of hydrogen-bond acceptors (Lipinski definition) is 4. The van der Waals surface area contributed by atoms with E-state index in [-0.39, 0.29) is 16.9 Å². The summed E-state index contributed by atoms with van der Waals surface area (Å²) < 4.78 is 18.0. The highest BCUT2D eigenvalue weighted by Gasteiger charge is 2.16. The van der Waals surface area contributed by atoms with Crippen LogP contribution in [0.4, 0.5) is 4.39 Å². The largest absolute Gasteiger partial charge is 0.507 e. The number of Topliss-reactive ketones (excluding diaryl/α,β-unsaturated/α-hetero) is 1. The zero-order valence-electron chi connectivity index (χ0n) is 12.5. The van der Waals surface area contributed by atoms with Gasteiger partial charge >= 0.3 is 5.97 Å². The minimum atomic E-state index is -0.817. The fraction of sp³-hybridized carbons (Fsp3) is 0.0526. The fourth-order valence-electron chi connectivity index (χ4n) is 2.35. The quantitative estimate of drug-likeness (QED) is 0.587. The molecular formula is C19H13FO4. The van der Waals surface area contributed by atoms with E-state index in [9.17, 15) is 19.1 Å². The molecule has 0 bridgehead atoms. The highest BCUT2D eigenvalue weighted by atomic mass is 19.1. The number of ketones is 1. The number of phenolic OH excluding ortho intramolecular Hbond substituents is 1. The Labute approximate surface area is 137 Å². The maximum absolute atomic E-state index is 13.1. The first kappa shape index (κ1) is 15.7. The monoisotopic (exact) mass is 324 g/mol. The van der Waals surface area contributed by atoms with Crippen LogP contribution < -0.4 is 0 Å². The summed E-state index contributed by atoms with van der Waals surface area (Å²) in [7, 11) is 0. The molecule has 24 heavy (non-hydrogen) atoms. The van der Waals surface area contributed by atoms with E-state index in [0.29, 0.717) is 0 Å². The summed E-state index contributed by atoms with van der Waals surface area (Å²) in [6.45, 7) is -0.533. The molecule has 120 valence electrons. The number of phenols is 1. The molecule has 1 N–H and O–H groups in total. The third-order valence-corrected chi connectivity index (χ3v) is 3.56. The van der Waals surface area contributed by atoms with Gasteiger partial charge in [-0.25, -0.2) is 9.18 Å². The molecule has 3 aromatic carbocycles. The molecule has 0 heterocycles. The van der Waals surface area contributed by atoms with Crippen LogP contribution in [0.5, 0.6) is 5.75 Å². The number of ether oxygens (including phenoxy) is 1. The van der Waals surface area contributed by atoms with E-state index in [0.717, 1.165) is 16.8 Å². The van der Waals surface area contributed by atoms with Crippen molar-refractivity contribution in [1.29, 1.82) is 0 Å². The number of halogens is 1. The Hall–Kier alpha value is -3.21. The van der Waals surface area contributed by atoms with Crippen LogP contribution >= 0.6 is 0 Å². The molecule has 0 aliphatic carbocycles. The van der Waals surface area contributed by atoms with Crippen molar-refractivity contribution < 1.29 is 23.8 Å². The van der Waals surface area contributed by atoms with Gasteiger partial charge in [0.05, 0.1) is 0 Å². The van der Waals surface area contributed by atoms with Crippen molar-refractivity contribution in [3.63, 3.8) is 0 Å². The van der Waals surface area contributed by atoms with Crippen molar-refractivity contribution in [2.24, 2.45) is 0 Å². The van der Waals surface area contributed by atoms with Crippen LogP contribution in [-0.4, -0.2) is 23.5 Å². The van der Waals surface area contributed by atoms with Crippen molar-refractivity contribution >= 4 is 22.5 Å². The first-order chi connectivity index (χ1) is 11.5. The number of rotatable bonds is 4. The first-order valence-corrected chi connectivity index (χ1v) is 7.22. The fourth-order valence-corrected chi connectivity index (χ4v) is 2.35. The molecule has 3 aromatic rings. The van der Waals surface area contributed by atoms with Crippen molar-refractivity contribution in [2.45, 2.75) is 0 Å². The van der Waals surface area contributed by atoms with E-state index < -0.39 is 24.2 Å². The zero-order chi connectivity index (χ0) is 17.1. The average molecular weight is 324 g/mol. The molecule has 4 nitrogen and oxygen atoms in total. The number of carbonyl (C=O) groups is 2. The topological polar surface area (TPSA) is 63.6 Å². The van der Waals surface area contributed by atoms with Crippen LogP contribution in [0, 0.1) is 5.82 Å². The molecule has 0 saturated carbocycles. The lowest BCUT2D eigenvalue weighted by Crippen LogP contribution is -2.14. The van der Waals surface area contributed by atoms with E-state index in [1.807, 2.05) is 12.1 Å². The Bertz CT molecular complexity index is 934. The maximum atomic E-state index is 13.1. The molecule has 0 radical (unpaired) electrons. The lowest BCUT2D eigenvalue weighted by molar-refractivity contribution is 0.0472. The molecule has 5 heteroatoms. The smallest absolute Gasteiger partial charge is 0.342 e. The highest BCUT2D eigenvalue weighted by molar-refractivity contribution is 6.01. The average Bonchev–Trinajstić information content (AvgIpc) is 2.58. The van der Waals surface area contributed by atoms with E-state index in [1.165, 1.54) is 30.3 Å². The Morgan fingerprint density at radius 1 is 0.958 bits per heavy atom. The molecular weight excluding hydrogens is 311 g/mol. The molecule has 0 atom stereocenters. The van der Waals surface area contributed by atoms with E-state index in [2.05, 4.69) is 0 Å². The van der Waals surface area contributed by atoms with Crippen molar-refractivity contribution in [3.05, 3.63) is 77.6 Å². The molecule has 0 spiro atoms. The standard InChI is InChI=1S/C19H13FO4/c20-15-7-3-6-14(8-15)18(22)11-24-19(23)16-9-12-4-1-2-5-13(12)10-17(16)21/h1-10,21H,11H2. The second-order valence-corrected chi connectivity index (χ2v) is 5.23. The highest BCUT2D eigenvalue weighted by Crippen LogP contribution is 2.25. The summed E-state index contributed by atoms with van der Waals surface area (Å²) in [4.78, 5) is 24.0. The van der Waals surface area contributed by atoms with Gasteiger partial charge in [-0.15, -0.1) is 0 Å². The van der Waals surface area contributed by atoms with Crippen molar-refractivity contribution in [1.82, 2.24) is 0 Å². The van der Waals surface area contributed by atoms with Crippen LogP contribution in [0.3, 0.4) is 0 Å². The van der Waals surface area contributed by atoms with Gasteiger partial charge in [0.15, 0.2) is 12.4 Å². The van der Waals surface area contributed by atoms with Gasteiger partial charge in [-0.2, -0.15) is 0 Å². The van der Waals surface area contributed by atoms with Crippen molar-refractivity contribution in [3.8, 4) is 5.75 Å². The third-order valence-electron chi connectivity index (χ3n) is 3.56. The number of carbonyl (C=O) groups excluding carboxylic acids is 2. The van der Waals surface area contributed by atoms with Crippen molar-refractivity contribution in [2.75, 3.05) is 6.61 Å². The lowest BCUT2D eigenvalue weighted by atomic mass is 10.1. The lowest BCUT2D eigenvalue weighted by Gasteiger charge is -2.08. The molecule has 0 aromatic heterocycles. The first-order valence-electron chi connectivity index (χ1n) is 7.22. The van der Waals surface area contributed by atoms with Gasteiger partial charge in [-0.1, -0.05) is 36.4 Å². The van der Waals surface area contributed by atoms with Gasteiger partial charge in [0.25, 0.3) is 0 Å². The van der Waals surface area contributed by atoms with Crippen LogP contribution in [0.25, 0.3) is 10.8 Å². The third kappa shape index (κ3) is 3.25. The van der Waals surface area contributed by atoms with Crippen LogP contribution in [-0.2, 0) is 4.74 Å². The predicted molar refractivity (Wildman–Crippen MR) is 86.6 cm³/mol. The molecule has 0 unspecified atom stereocenters. The normalized spacial score (nSPS) is 10.5. The zero-order valence-corrected chi connectivity index (χ0v) is 12.5. The molecule has 3 rings (SSSR count). The van der Waals surface area contributed by atoms with Gasteiger partial charge in [-0.05, 0) is 35.0 Å². The minimum Gasteiger partial charge on any atom is -0.507 e. The number of aromatic hydroxyl groups is 1. The molecule has 0 fully saturated rings. The summed E-state index contributed by atoms with van der Waals surface area (Å²) in [5, 5.41) is 11.5.